The van der Waals surface area contributed by atoms with Gasteiger partial charge in [0.1, 0.15) is 5.82 Å². The number of hydrogen-bond donors (Lipinski definition) is 3. The fourth-order valence-electron chi connectivity index (χ4n) is 3.52. The SMILES string of the molecule is CCCCC(C(=O)NC[C@@H](N)c1ccc(C(=O)Nc2ccncc2)cc1)c1ccc(F)cc1.Cl.Cl. The number of pyridine rings is 1. The third-order valence-electron chi connectivity index (χ3n) is 5.47. The zero-order chi connectivity index (χ0) is 23.6. The van der Waals surface area contributed by atoms with E-state index in [1.54, 1.807) is 60.9 Å². The fourth-order valence-corrected chi connectivity index (χ4v) is 3.52. The number of nitrogens with two attached hydrogens (primary N) is 1. The Hall–Kier alpha value is -3.00. The van der Waals surface area contributed by atoms with Crippen LogP contribution in [0.4, 0.5) is 10.1 Å². The predicted molar refractivity (Wildman–Crippen MR) is 142 cm³/mol. The van der Waals surface area contributed by atoms with Gasteiger partial charge in [-0.15, -0.1) is 24.8 Å². The van der Waals surface area contributed by atoms with Gasteiger partial charge in [-0.05, 0) is 53.9 Å². The molecule has 0 radical (unpaired) electrons. The first-order chi connectivity index (χ1) is 16.0. The lowest BCUT2D eigenvalue weighted by molar-refractivity contribution is -0.122. The van der Waals surface area contributed by atoms with Crippen molar-refractivity contribution in [2.45, 2.75) is 38.1 Å². The van der Waals surface area contributed by atoms with E-state index in [0.717, 1.165) is 24.0 Å². The van der Waals surface area contributed by atoms with E-state index < -0.39 is 6.04 Å². The molecule has 2 aromatic carbocycles. The highest BCUT2D eigenvalue weighted by Crippen LogP contribution is 2.23. The number of nitrogens with zero attached hydrogens (tertiary/aromatic N) is 1. The number of carbonyl (C=O) groups is 2. The van der Waals surface area contributed by atoms with Crippen LogP contribution in [0.2, 0.25) is 0 Å². The van der Waals surface area contributed by atoms with E-state index in [1.165, 1.54) is 12.1 Å². The molecule has 1 aromatic heterocycles. The molecule has 2 amide bonds. The second-order valence-corrected chi connectivity index (χ2v) is 7.91. The average Bonchev–Trinajstić information content (AvgIpc) is 2.84. The third kappa shape index (κ3) is 8.94. The Morgan fingerprint density at radius 2 is 1.54 bits per heavy atom. The molecule has 0 bridgehead atoms. The minimum absolute atomic E-state index is 0. The molecule has 1 unspecified atom stereocenters. The summed E-state index contributed by atoms with van der Waals surface area (Å²) < 4.78 is 13.3. The van der Waals surface area contributed by atoms with Crippen LogP contribution >= 0.6 is 24.8 Å². The fraction of sp³-hybridized carbons (Fsp3) is 0.269. The molecule has 1 heterocycles. The Balaban J connectivity index is 0.00000306. The van der Waals surface area contributed by atoms with Crippen LogP contribution in [-0.2, 0) is 4.79 Å². The first-order valence-electron chi connectivity index (χ1n) is 11.1. The summed E-state index contributed by atoms with van der Waals surface area (Å²) in [5.74, 6) is -1.03. The molecule has 188 valence electrons. The number of benzene rings is 2. The lowest BCUT2D eigenvalue weighted by atomic mass is 9.92. The number of halogens is 3. The second-order valence-electron chi connectivity index (χ2n) is 7.91. The van der Waals surface area contributed by atoms with Gasteiger partial charge in [0.2, 0.25) is 5.91 Å². The van der Waals surface area contributed by atoms with Crippen molar-refractivity contribution >= 4 is 42.3 Å². The Morgan fingerprint density at radius 1 is 0.943 bits per heavy atom. The third-order valence-corrected chi connectivity index (χ3v) is 5.47. The summed E-state index contributed by atoms with van der Waals surface area (Å²) in [6, 6.07) is 16.0. The maximum Gasteiger partial charge on any atom is 0.255 e. The number of rotatable bonds is 10. The lowest BCUT2D eigenvalue weighted by Gasteiger charge is -2.19. The number of amides is 2. The Bertz CT molecular complexity index is 1050. The predicted octanol–water partition coefficient (Wildman–Crippen LogP) is 5.41. The summed E-state index contributed by atoms with van der Waals surface area (Å²) in [4.78, 5) is 29.2. The van der Waals surface area contributed by atoms with Crippen molar-refractivity contribution in [1.29, 1.82) is 0 Å². The normalized spacial score (nSPS) is 11.9. The number of anilines is 1. The van der Waals surface area contributed by atoms with Crippen molar-refractivity contribution < 1.29 is 14.0 Å². The van der Waals surface area contributed by atoms with E-state index in [4.69, 9.17) is 5.73 Å². The largest absolute Gasteiger partial charge is 0.354 e. The monoisotopic (exact) mass is 520 g/mol. The minimum atomic E-state index is -0.425. The summed E-state index contributed by atoms with van der Waals surface area (Å²) in [6.07, 6.45) is 5.75. The van der Waals surface area contributed by atoms with Gasteiger partial charge in [-0.25, -0.2) is 4.39 Å². The summed E-state index contributed by atoms with van der Waals surface area (Å²) in [6.45, 7) is 2.32. The van der Waals surface area contributed by atoms with Crippen molar-refractivity contribution in [2.75, 3.05) is 11.9 Å². The number of unbranched alkanes of at least 4 members (excludes halogenated alkanes) is 1. The molecule has 0 saturated carbocycles. The van der Waals surface area contributed by atoms with Crippen LogP contribution in [0.15, 0.2) is 73.1 Å². The molecule has 0 spiro atoms. The van der Waals surface area contributed by atoms with E-state index in [0.29, 0.717) is 17.7 Å². The quantitative estimate of drug-likeness (QED) is 0.333. The summed E-state index contributed by atoms with van der Waals surface area (Å²) in [5, 5.41) is 5.73. The molecule has 9 heteroatoms. The standard InChI is InChI=1S/C26H29FN4O2.2ClH/c1-2-3-4-23(18-9-11-21(27)12-10-18)26(33)30-17-24(28)19-5-7-20(8-6-19)25(32)31-22-13-15-29-16-14-22;;/h5-16,23-24H,2-4,17,28H2,1H3,(H,30,33)(H,29,31,32);2*1H/t23?,24-;;/m1../s1. The lowest BCUT2D eigenvalue weighted by Crippen LogP contribution is -2.35. The molecule has 6 nitrogen and oxygen atoms in total. The molecule has 3 aromatic rings. The molecule has 0 aliphatic heterocycles. The zero-order valence-electron chi connectivity index (χ0n) is 19.4. The maximum absolute atomic E-state index is 13.3. The Kier molecular flexibility index (Phi) is 12.9. The number of hydrogen-bond acceptors (Lipinski definition) is 4. The van der Waals surface area contributed by atoms with Gasteiger partial charge in [0, 0.05) is 36.2 Å². The average molecular weight is 521 g/mol. The van der Waals surface area contributed by atoms with Gasteiger partial charge in [0.25, 0.3) is 5.91 Å². The minimum Gasteiger partial charge on any atom is -0.354 e. The Labute approximate surface area is 217 Å². The van der Waals surface area contributed by atoms with Gasteiger partial charge in [0.15, 0.2) is 0 Å². The van der Waals surface area contributed by atoms with Crippen LogP contribution < -0.4 is 16.4 Å². The maximum atomic E-state index is 13.3. The molecule has 0 saturated heterocycles. The Morgan fingerprint density at radius 3 is 2.14 bits per heavy atom. The van der Waals surface area contributed by atoms with Gasteiger partial charge >= 0.3 is 0 Å². The van der Waals surface area contributed by atoms with Gasteiger partial charge < -0.3 is 16.4 Å². The van der Waals surface area contributed by atoms with E-state index in [-0.39, 0.29) is 54.9 Å². The van der Waals surface area contributed by atoms with Crippen molar-refractivity contribution in [1.82, 2.24) is 10.3 Å². The van der Waals surface area contributed by atoms with Crippen molar-refractivity contribution in [3.8, 4) is 0 Å². The van der Waals surface area contributed by atoms with E-state index in [1.807, 2.05) is 0 Å². The van der Waals surface area contributed by atoms with Crippen LogP contribution in [0.1, 0.15) is 59.6 Å². The molecule has 0 aliphatic rings. The van der Waals surface area contributed by atoms with E-state index in [2.05, 4.69) is 22.5 Å². The van der Waals surface area contributed by atoms with Crippen LogP contribution in [0.5, 0.6) is 0 Å². The summed E-state index contributed by atoms with van der Waals surface area (Å²) in [7, 11) is 0. The highest BCUT2D eigenvalue weighted by atomic mass is 35.5. The van der Waals surface area contributed by atoms with E-state index in [9.17, 15) is 14.0 Å². The summed E-state index contributed by atoms with van der Waals surface area (Å²) >= 11 is 0. The van der Waals surface area contributed by atoms with Crippen molar-refractivity contribution in [3.63, 3.8) is 0 Å². The summed E-state index contributed by atoms with van der Waals surface area (Å²) in [5.41, 5.74) is 9.05. The van der Waals surface area contributed by atoms with Gasteiger partial charge in [0.05, 0.1) is 5.92 Å². The van der Waals surface area contributed by atoms with Crippen LogP contribution in [-0.4, -0.2) is 23.3 Å². The molecule has 3 rings (SSSR count). The molecular formula is C26H31Cl2FN4O2. The smallest absolute Gasteiger partial charge is 0.255 e. The van der Waals surface area contributed by atoms with Crippen molar-refractivity contribution in [3.05, 3.63) is 95.6 Å². The van der Waals surface area contributed by atoms with E-state index >= 15 is 0 Å². The molecule has 0 aliphatic carbocycles. The molecule has 35 heavy (non-hydrogen) atoms. The van der Waals surface area contributed by atoms with Crippen LogP contribution in [0.25, 0.3) is 0 Å². The van der Waals surface area contributed by atoms with Gasteiger partial charge in [-0.3, -0.25) is 14.6 Å². The highest BCUT2D eigenvalue weighted by molar-refractivity contribution is 6.04. The van der Waals surface area contributed by atoms with Crippen LogP contribution in [0.3, 0.4) is 0 Å². The van der Waals surface area contributed by atoms with Gasteiger partial charge in [-0.2, -0.15) is 0 Å². The first kappa shape index (κ1) is 30.0. The molecule has 2 atom stereocenters. The topological polar surface area (TPSA) is 97.1 Å². The molecule has 4 N–H and O–H groups in total. The van der Waals surface area contributed by atoms with Crippen molar-refractivity contribution in [2.24, 2.45) is 5.73 Å². The first-order valence-corrected chi connectivity index (χ1v) is 11.1. The van der Waals surface area contributed by atoms with Crippen LogP contribution in [0, 0.1) is 5.82 Å². The second kappa shape index (κ2) is 15.1. The van der Waals surface area contributed by atoms with Gasteiger partial charge in [-0.1, -0.05) is 44.0 Å². The zero-order valence-corrected chi connectivity index (χ0v) is 21.1. The molecule has 0 fully saturated rings. The number of aromatic nitrogens is 1. The number of nitrogens with one attached hydrogen (secondary N) is 2. The molecular weight excluding hydrogens is 490 g/mol. The highest BCUT2D eigenvalue weighted by Gasteiger charge is 2.21. The number of carbonyl (C=O) groups excluding carboxylic acids is 2.